The van der Waals surface area contributed by atoms with Crippen LogP contribution in [0.25, 0.3) is 0 Å². The summed E-state index contributed by atoms with van der Waals surface area (Å²) in [5, 5.41) is 3.29. The molecule has 1 atom stereocenters. The Morgan fingerprint density at radius 3 is 2.19 bits per heavy atom. The molecule has 1 heterocycles. The van der Waals surface area contributed by atoms with Gasteiger partial charge in [0, 0.05) is 19.6 Å². The van der Waals surface area contributed by atoms with Crippen LogP contribution < -0.4 is 5.32 Å². The van der Waals surface area contributed by atoms with Gasteiger partial charge in [0.05, 0.1) is 17.9 Å². The molecule has 21 heavy (non-hydrogen) atoms. The highest BCUT2D eigenvalue weighted by Crippen LogP contribution is 2.16. The lowest BCUT2D eigenvalue weighted by atomic mass is 10.1. The standard InChI is InChI=1S/C17H30FN3/c1-13(2)11-21(12-14(3)4)9-8-16(19-5)17-7-6-15(18)10-20-17/h6-7,10,13-14,16,19H,8-9,11-12H2,1-5H3. The van der Waals surface area contributed by atoms with Crippen LogP contribution in [-0.2, 0) is 0 Å². The summed E-state index contributed by atoms with van der Waals surface area (Å²) >= 11 is 0. The van der Waals surface area contributed by atoms with Gasteiger partial charge >= 0.3 is 0 Å². The van der Waals surface area contributed by atoms with Gasteiger partial charge in [-0.2, -0.15) is 0 Å². The fourth-order valence-electron chi connectivity index (χ4n) is 2.64. The zero-order chi connectivity index (χ0) is 15.8. The van der Waals surface area contributed by atoms with Crippen molar-refractivity contribution in [3.63, 3.8) is 0 Å². The number of hydrogen-bond acceptors (Lipinski definition) is 3. The third kappa shape index (κ3) is 7.00. The van der Waals surface area contributed by atoms with Gasteiger partial charge in [0.1, 0.15) is 5.82 Å². The Hall–Kier alpha value is -1.00. The van der Waals surface area contributed by atoms with E-state index in [-0.39, 0.29) is 11.9 Å². The summed E-state index contributed by atoms with van der Waals surface area (Å²) in [4.78, 5) is 6.71. The molecule has 120 valence electrons. The van der Waals surface area contributed by atoms with Crippen LogP contribution in [0.3, 0.4) is 0 Å². The van der Waals surface area contributed by atoms with Crippen molar-refractivity contribution in [3.8, 4) is 0 Å². The average molecular weight is 295 g/mol. The minimum atomic E-state index is -0.283. The van der Waals surface area contributed by atoms with Crippen molar-refractivity contribution >= 4 is 0 Å². The summed E-state index contributed by atoms with van der Waals surface area (Å²) in [6.07, 6.45) is 2.27. The van der Waals surface area contributed by atoms with Crippen LogP contribution in [0.4, 0.5) is 4.39 Å². The summed E-state index contributed by atoms with van der Waals surface area (Å²) in [5.74, 6) is 1.05. The summed E-state index contributed by atoms with van der Waals surface area (Å²) in [6, 6.07) is 3.42. The number of nitrogens with zero attached hydrogens (tertiary/aromatic N) is 2. The summed E-state index contributed by atoms with van der Waals surface area (Å²) in [5.41, 5.74) is 0.910. The third-order valence-electron chi connectivity index (χ3n) is 3.44. The van der Waals surface area contributed by atoms with E-state index in [0.717, 1.165) is 31.7 Å². The van der Waals surface area contributed by atoms with E-state index in [4.69, 9.17) is 0 Å². The molecule has 0 aliphatic rings. The number of hydrogen-bond donors (Lipinski definition) is 1. The molecule has 1 aromatic heterocycles. The molecule has 0 fully saturated rings. The summed E-state index contributed by atoms with van der Waals surface area (Å²) < 4.78 is 13.0. The lowest BCUT2D eigenvalue weighted by molar-refractivity contribution is 0.209. The highest BCUT2D eigenvalue weighted by molar-refractivity contribution is 5.09. The van der Waals surface area contributed by atoms with E-state index in [9.17, 15) is 4.39 Å². The lowest BCUT2D eigenvalue weighted by Gasteiger charge is -2.28. The van der Waals surface area contributed by atoms with E-state index in [0.29, 0.717) is 11.8 Å². The van der Waals surface area contributed by atoms with Crippen molar-refractivity contribution in [1.82, 2.24) is 15.2 Å². The fourth-order valence-corrected chi connectivity index (χ4v) is 2.64. The molecule has 0 aliphatic carbocycles. The van der Waals surface area contributed by atoms with E-state index in [1.54, 1.807) is 6.07 Å². The molecule has 0 spiro atoms. The van der Waals surface area contributed by atoms with Crippen LogP contribution in [-0.4, -0.2) is 36.6 Å². The number of aromatic nitrogens is 1. The highest BCUT2D eigenvalue weighted by atomic mass is 19.1. The monoisotopic (exact) mass is 295 g/mol. The summed E-state index contributed by atoms with van der Waals surface area (Å²) in [6.45, 7) is 12.3. The van der Waals surface area contributed by atoms with Gasteiger partial charge in [-0.05, 0) is 37.4 Å². The van der Waals surface area contributed by atoms with Crippen molar-refractivity contribution in [2.24, 2.45) is 11.8 Å². The largest absolute Gasteiger partial charge is 0.312 e. The molecule has 1 N–H and O–H groups in total. The van der Waals surface area contributed by atoms with E-state index >= 15 is 0 Å². The van der Waals surface area contributed by atoms with E-state index in [1.807, 2.05) is 7.05 Å². The first kappa shape index (κ1) is 18.1. The Bertz CT molecular complexity index is 380. The van der Waals surface area contributed by atoms with Gasteiger partial charge in [0.25, 0.3) is 0 Å². The van der Waals surface area contributed by atoms with Gasteiger partial charge < -0.3 is 10.2 Å². The van der Waals surface area contributed by atoms with E-state index in [1.165, 1.54) is 12.3 Å². The molecule has 1 unspecified atom stereocenters. The maximum Gasteiger partial charge on any atom is 0.141 e. The van der Waals surface area contributed by atoms with Gasteiger partial charge in [0.2, 0.25) is 0 Å². The predicted octanol–water partition coefficient (Wildman–Crippen LogP) is 3.49. The van der Waals surface area contributed by atoms with Crippen LogP contribution in [0.15, 0.2) is 18.3 Å². The molecule has 1 rings (SSSR count). The van der Waals surface area contributed by atoms with Gasteiger partial charge in [0.15, 0.2) is 0 Å². The fraction of sp³-hybridized carbons (Fsp3) is 0.706. The Labute approximate surface area is 129 Å². The zero-order valence-electron chi connectivity index (χ0n) is 14.1. The molecular formula is C17H30FN3. The molecular weight excluding hydrogens is 265 g/mol. The zero-order valence-corrected chi connectivity index (χ0v) is 14.1. The maximum atomic E-state index is 13.0. The van der Waals surface area contributed by atoms with Crippen LogP contribution >= 0.6 is 0 Å². The SMILES string of the molecule is CNC(CCN(CC(C)C)CC(C)C)c1ccc(F)cn1. The number of halogens is 1. The second kappa shape index (κ2) is 9.11. The van der Waals surface area contributed by atoms with Crippen molar-refractivity contribution < 1.29 is 4.39 Å². The first-order valence-electron chi connectivity index (χ1n) is 7.93. The smallest absolute Gasteiger partial charge is 0.141 e. The van der Waals surface area contributed by atoms with Gasteiger partial charge in [-0.15, -0.1) is 0 Å². The maximum absolute atomic E-state index is 13.0. The Balaban J connectivity index is 2.60. The Kier molecular flexibility index (Phi) is 7.83. The van der Waals surface area contributed by atoms with Gasteiger partial charge in [-0.3, -0.25) is 4.98 Å². The molecule has 0 bridgehead atoms. The van der Waals surface area contributed by atoms with Gasteiger partial charge in [-0.1, -0.05) is 27.7 Å². The Morgan fingerprint density at radius 2 is 1.76 bits per heavy atom. The molecule has 0 radical (unpaired) electrons. The highest BCUT2D eigenvalue weighted by Gasteiger charge is 2.15. The molecule has 0 aromatic carbocycles. The minimum Gasteiger partial charge on any atom is -0.312 e. The topological polar surface area (TPSA) is 28.2 Å². The lowest BCUT2D eigenvalue weighted by Crippen LogP contribution is -2.34. The molecule has 1 aromatic rings. The molecule has 0 saturated carbocycles. The van der Waals surface area contributed by atoms with Crippen LogP contribution in [0.2, 0.25) is 0 Å². The molecule has 0 saturated heterocycles. The molecule has 3 nitrogen and oxygen atoms in total. The number of pyridine rings is 1. The number of nitrogens with one attached hydrogen (secondary N) is 1. The Morgan fingerprint density at radius 1 is 1.14 bits per heavy atom. The van der Waals surface area contributed by atoms with Crippen molar-refractivity contribution in [2.45, 2.75) is 40.2 Å². The van der Waals surface area contributed by atoms with Crippen LogP contribution in [0.1, 0.15) is 45.9 Å². The first-order valence-corrected chi connectivity index (χ1v) is 7.93. The molecule has 0 amide bonds. The van der Waals surface area contributed by atoms with E-state index < -0.39 is 0 Å². The average Bonchev–Trinajstić information content (AvgIpc) is 2.39. The van der Waals surface area contributed by atoms with Crippen LogP contribution in [0.5, 0.6) is 0 Å². The number of rotatable bonds is 9. The van der Waals surface area contributed by atoms with Crippen molar-refractivity contribution in [1.29, 1.82) is 0 Å². The summed E-state index contributed by atoms with van der Waals surface area (Å²) in [7, 11) is 1.94. The quantitative estimate of drug-likeness (QED) is 0.756. The third-order valence-corrected chi connectivity index (χ3v) is 3.44. The van der Waals surface area contributed by atoms with Crippen molar-refractivity contribution in [3.05, 3.63) is 29.8 Å². The normalized spacial score (nSPS) is 13.4. The first-order chi connectivity index (χ1) is 9.92. The van der Waals surface area contributed by atoms with Crippen molar-refractivity contribution in [2.75, 3.05) is 26.7 Å². The second-order valence-electron chi connectivity index (χ2n) is 6.58. The van der Waals surface area contributed by atoms with Crippen LogP contribution in [0, 0.1) is 17.7 Å². The minimum absolute atomic E-state index is 0.174. The van der Waals surface area contributed by atoms with Gasteiger partial charge in [-0.25, -0.2) is 4.39 Å². The second-order valence-corrected chi connectivity index (χ2v) is 6.58. The molecule has 4 heteroatoms. The van der Waals surface area contributed by atoms with E-state index in [2.05, 4.69) is 42.9 Å². The molecule has 0 aliphatic heterocycles. The predicted molar refractivity (Wildman–Crippen MR) is 86.7 cm³/mol.